The van der Waals surface area contributed by atoms with Gasteiger partial charge in [-0.2, -0.15) is 0 Å². The molecule has 6 rings (SSSR count). The van der Waals surface area contributed by atoms with E-state index in [1.54, 1.807) is 10.4 Å². The number of aryl methyl sites for hydroxylation is 1. The fourth-order valence-corrected chi connectivity index (χ4v) is 26.6. The van der Waals surface area contributed by atoms with Crippen molar-refractivity contribution in [2.75, 3.05) is 0 Å². The van der Waals surface area contributed by atoms with Crippen LogP contribution in [0.1, 0.15) is 40.6 Å². The zero-order valence-electron chi connectivity index (χ0n) is 27.8. The maximum absolute atomic E-state index is 7.98. The third-order valence-corrected chi connectivity index (χ3v) is 28.1. The minimum atomic E-state index is -4.02. The molecule has 1 atom stereocenters. The SMILES string of the molecule is Cc1ccc2c(c1-c1cc([Si](C)(C)C)cc([Si](C)(C)C)c1)C=C(CC(C)C)[CH]2[Zr]([Cl])([Cl])[c]1cccc2c1[SiH2]c1ccccc1-2. The summed E-state index contributed by atoms with van der Waals surface area (Å²) < 4.78 is 1.43. The molecule has 0 saturated heterocycles. The first kappa shape index (κ1) is 32.7. The van der Waals surface area contributed by atoms with Gasteiger partial charge in [-0.3, -0.25) is 0 Å². The molecule has 1 aliphatic heterocycles. The molecular weight excluding hydrogens is 703 g/mol. The van der Waals surface area contributed by atoms with Crippen LogP contribution >= 0.6 is 17.0 Å². The summed E-state index contributed by atoms with van der Waals surface area (Å²) in [5, 5.41) is 6.13. The standard InChI is InChI=1S/C26H37Si2.C12H9Si.2ClH.Zr/c1-18(2)12-20-13-21-11-10-19(3)26(25(21)14-20)22-15-23(27(4,5)6)17-24(16-22)28(7,8)9;1-3-7-11-9(5-1)10-6-2-4-8-12(10)13-11;;;/h10-11,13-18H,12H2,1-9H3;1-7H,13H2;2*1H;/q;;;;+2/p-2. The summed E-state index contributed by atoms with van der Waals surface area (Å²) in [6, 6.07) is 28.1. The molecule has 0 bridgehead atoms. The second-order valence-electron chi connectivity index (χ2n) is 15.6. The number of halogens is 2. The van der Waals surface area contributed by atoms with Gasteiger partial charge < -0.3 is 0 Å². The average molecular weight is 749 g/mol. The van der Waals surface area contributed by atoms with Gasteiger partial charge in [0.15, 0.2) is 0 Å². The molecule has 0 fully saturated rings. The summed E-state index contributed by atoms with van der Waals surface area (Å²) in [5.41, 5.74) is 11.1. The number of hydrogen-bond acceptors (Lipinski definition) is 0. The van der Waals surface area contributed by atoms with E-state index in [0.717, 1.165) is 6.42 Å². The molecule has 2 aliphatic rings. The second kappa shape index (κ2) is 11.8. The van der Waals surface area contributed by atoms with Gasteiger partial charge in [-0.1, -0.05) is 0 Å². The van der Waals surface area contributed by atoms with Crippen LogP contribution in [0.3, 0.4) is 0 Å². The van der Waals surface area contributed by atoms with Crippen LogP contribution in [0.2, 0.25) is 39.3 Å². The Bertz CT molecular complexity index is 1780. The Morgan fingerprint density at radius 1 is 0.795 bits per heavy atom. The Morgan fingerprint density at radius 2 is 1.43 bits per heavy atom. The predicted molar refractivity (Wildman–Crippen MR) is 204 cm³/mol. The molecule has 0 radical (unpaired) electrons. The number of benzene rings is 4. The predicted octanol–water partition coefficient (Wildman–Crippen LogP) is 8.12. The number of allylic oxidation sites excluding steroid dienone is 1. The summed E-state index contributed by atoms with van der Waals surface area (Å²) in [5.74, 6) is 0.534. The molecule has 0 saturated carbocycles. The Morgan fingerprint density at radius 3 is 2.07 bits per heavy atom. The molecule has 4 aromatic rings. The third-order valence-electron chi connectivity index (χ3n) is 9.67. The first-order valence-electron chi connectivity index (χ1n) is 16.2. The van der Waals surface area contributed by atoms with E-state index in [-0.39, 0.29) is 3.63 Å². The normalized spacial score (nSPS) is 16.7. The fraction of sp³-hybridized carbons (Fsp3) is 0.316. The first-order valence-corrected chi connectivity index (χ1v) is 33.6. The van der Waals surface area contributed by atoms with Gasteiger partial charge >= 0.3 is 284 Å². The second-order valence-corrected chi connectivity index (χ2v) is 41.6. The van der Waals surface area contributed by atoms with E-state index in [1.807, 2.05) is 0 Å². The van der Waals surface area contributed by atoms with E-state index < -0.39 is 43.5 Å². The summed E-state index contributed by atoms with van der Waals surface area (Å²) in [7, 11) is 12.3. The Kier molecular flexibility index (Phi) is 8.73. The van der Waals surface area contributed by atoms with Gasteiger partial charge in [0, 0.05) is 0 Å². The van der Waals surface area contributed by atoms with E-state index in [4.69, 9.17) is 17.0 Å². The molecule has 228 valence electrons. The Labute approximate surface area is 281 Å². The van der Waals surface area contributed by atoms with Gasteiger partial charge in [-0.15, -0.1) is 0 Å². The molecule has 0 aromatic heterocycles. The van der Waals surface area contributed by atoms with Crippen molar-refractivity contribution in [2.24, 2.45) is 5.92 Å². The van der Waals surface area contributed by atoms with Gasteiger partial charge in [-0.05, 0) is 0 Å². The molecule has 4 aromatic carbocycles. The fourth-order valence-electron chi connectivity index (χ4n) is 7.34. The van der Waals surface area contributed by atoms with Crippen LogP contribution < -0.4 is 24.0 Å². The quantitative estimate of drug-likeness (QED) is 0.148. The van der Waals surface area contributed by atoms with Crippen molar-refractivity contribution < 1.29 is 17.9 Å². The van der Waals surface area contributed by atoms with Crippen molar-refractivity contribution in [1.82, 2.24) is 0 Å². The van der Waals surface area contributed by atoms with Crippen molar-refractivity contribution in [3.05, 3.63) is 95.1 Å². The van der Waals surface area contributed by atoms with Gasteiger partial charge in [0.25, 0.3) is 0 Å². The molecule has 0 amide bonds. The van der Waals surface area contributed by atoms with Crippen molar-refractivity contribution >= 4 is 72.8 Å². The maximum atomic E-state index is 7.98. The van der Waals surface area contributed by atoms with E-state index in [0.29, 0.717) is 5.92 Å². The zero-order chi connectivity index (χ0) is 31.8. The zero-order valence-corrected chi connectivity index (χ0v) is 35.2. The van der Waals surface area contributed by atoms with Gasteiger partial charge in [-0.25, -0.2) is 0 Å². The molecule has 44 heavy (non-hydrogen) atoms. The van der Waals surface area contributed by atoms with Crippen molar-refractivity contribution in [3.63, 3.8) is 0 Å². The van der Waals surface area contributed by atoms with Crippen molar-refractivity contribution in [2.45, 2.75) is 70.1 Å². The van der Waals surface area contributed by atoms with Crippen molar-refractivity contribution in [3.8, 4) is 22.3 Å². The molecule has 0 nitrogen and oxygen atoms in total. The molecule has 1 heterocycles. The number of rotatable bonds is 7. The summed E-state index contributed by atoms with van der Waals surface area (Å²) in [6.07, 6.45) is 3.54. The first-order chi connectivity index (χ1) is 20.6. The monoisotopic (exact) mass is 746 g/mol. The van der Waals surface area contributed by atoms with E-state index in [1.165, 1.54) is 58.2 Å². The van der Waals surface area contributed by atoms with Crippen LogP contribution in [-0.2, 0) is 17.9 Å². The summed E-state index contributed by atoms with van der Waals surface area (Å²) >= 11 is -4.02. The van der Waals surface area contributed by atoms with Crippen LogP contribution in [0.25, 0.3) is 28.3 Å². The topological polar surface area (TPSA) is 0 Å². The minimum absolute atomic E-state index is 0.116. The van der Waals surface area contributed by atoms with Gasteiger partial charge in [0.2, 0.25) is 0 Å². The van der Waals surface area contributed by atoms with Gasteiger partial charge in [0.05, 0.1) is 0 Å². The van der Waals surface area contributed by atoms with Gasteiger partial charge in [0.1, 0.15) is 0 Å². The third kappa shape index (κ3) is 5.86. The molecular formula is C38H46Cl2Si3Zr. The Balaban J connectivity index is 1.56. The Hall–Kier alpha value is -1.27. The van der Waals surface area contributed by atoms with E-state index in [2.05, 4.69) is 139 Å². The van der Waals surface area contributed by atoms with Crippen molar-refractivity contribution in [1.29, 1.82) is 0 Å². The molecule has 6 heteroatoms. The molecule has 0 N–H and O–H groups in total. The molecule has 0 spiro atoms. The van der Waals surface area contributed by atoms with E-state index >= 15 is 0 Å². The average Bonchev–Trinajstić information content (AvgIpc) is 3.49. The van der Waals surface area contributed by atoms with E-state index in [9.17, 15) is 0 Å². The van der Waals surface area contributed by atoms with Crippen LogP contribution in [-0.4, -0.2) is 25.7 Å². The van der Waals surface area contributed by atoms with Crippen LogP contribution in [0.4, 0.5) is 0 Å². The summed E-state index contributed by atoms with van der Waals surface area (Å²) in [6.45, 7) is 21.8. The van der Waals surface area contributed by atoms with Crippen LogP contribution in [0.5, 0.6) is 0 Å². The van der Waals surface area contributed by atoms with Crippen LogP contribution in [0.15, 0.2) is 78.4 Å². The number of fused-ring (bicyclic) bond motifs is 4. The number of hydrogen-bond donors (Lipinski definition) is 0. The molecule has 1 unspecified atom stereocenters. The van der Waals surface area contributed by atoms with Crippen LogP contribution in [0, 0.1) is 12.8 Å². The molecule has 1 aliphatic carbocycles. The summed E-state index contributed by atoms with van der Waals surface area (Å²) in [4.78, 5) is 0.